The van der Waals surface area contributed by atoms with Crippen LogP contribution in [-0.4, -0.2) is 11.6 Å². The average Bonchev–Trinajstić information content (AvgIpc) is 2.61. The lowest BCUT2D eigenvalue weighted by Gasteiger charge is -2.17. The number of aryl methyl sites for hydroxylation is 1. The molecule has 0 N–H and O–H groups in total. The predicted octanol–water partition coefficient (Wildman–Crippen LogP) is 5.25. The Morgan fingerprint density at radius 1 is 0.880 bits per heavy atom. The molecular formula is C21H13BrO3. The fourth-order valence-corrected chi connectivity index (χ4v) is 3.22. The zero-order chi connectivity index (χ0) is 17.6. The molecule has 4 rings (SSSR count). The van der Waals surface area contributed by atoms with Gasteiger partial charge in [0.1, 0.15) is 5.75 Å². The SMILES string of the molecule is Cc1ccc(OC2=CC(=O)c3cc4ccccc4cc3C2=O)cc1Br. The van der Waals surface area contributed by atoms with E-state index in [-0.39, 0.29) is 17.3 Å². The maximum Gasteiger partial charge on any atom is 0.229 e. The zero-order valence-electron chi connectivity index (χ0n) is 13.4. The molecule has 0 saturated heterocycles. The first-order chi connectivity index (χ1) is 12.0. The van der Waals surface area contributed by atoms with Crippen molar-refractivity contribution in [1.82, 2.24) is 0 Å². The van der Waals surface area contributed by atoms with Gasteiger partial charge in [0.2, 0.25) is 5.78 Å². The number of halogens is 1. The van der Waals surface area contributed by atoms with Crippen molar-refractivity contribution in [2.45, 2.75) is 6.92 Å². The Morgan fingerprint density at radius 3 is 2.24 bits per heavy atom. The Bertz CT molecular complexity index is 1080. The summed E-state index contributed by atoms with van der Waals surface area (Å²) in [7, 11) is 0. The molecule has 0 aromatic heterocycles. The average molecular weight is 393 g/mol. The molecule has 25 heavy (non-hydrogen) atoms. The summed E-state index contributed by atoms with van der Waals surface area (Å²) < 4.78 is 6.58. The van der Waals surface area contributed by atoms with Gasteiger partial charge in [-0.2, -0.15) is 0 Å². The molecule has 0 heterocycles. The second-order valence-electron chi connectivity index (χ2n) is 5.96. The number of ether oxygens (including phenoxy) is 1. The minimum Gasteiger partial charge on any atom is -0.453 e. The van der Waals surface area contributed by atoms with E-state index >= 15 is 0 Å². The molecular weight excluding hydrogens is 380 g/mol. The molecule has 3 aromatic carbocycles. The lowest BCUT2D eigenvalue weighted by molar-refractivity contribution is 0.0947. The van der Waals surface area contributed by atoms with E-state index in [1.54, 1.807) is 24.3 Å². The Kier molecular flexibility index (Phi) is 3.77. The van der Waals surface area contributed by atoms with Crippen LogP contribution in [0.4, 0.5) is 0 Å². The molecule has 1 aliphatic carbocycles. The molecule has 0 fully saturated rings. The van der Waals surface area contributed by atoms with Crippen LogP contribution in [0.3, 0.4) is 0 Å². The molecule has 0 amide bonds. The zero-order valence-corrected chi connectivity index (χ0v) is 15.0. The van der Waals surface area contributed by atoms with Crippen molar-refractivity contribution >= 4 is 38.3 Å². The van der Waals surface area contributed by atoms with Crippen LogP contribution in [0.5, 0.6) is 5.75 Å². The molecule has 0 unspecified atom stereocenters. The molecule has 0 aliphatic heterocycles. The smallest absolute Gasteiger partial charge is 0.229 e. The minimum absolute atomic E-state index is 0.0449. The van der Waals surface area contributed by atoms with Crippen molar-refractivity contribution < 1.29 is 14.3 Å². The molecule has 4 heteroatoms. The van der Waals surface area contributed by atoms with Crippen LogP contribution < -0.4 is 4.74 Å². The largest absolute Gasteiger partial charge is 0.453 e. The quantitative estimate of drug-likeness (QED) is 0.597. The minimum atomic E-state index is -0.281. The lowest BCUT2D eigenvalue weighted by atomic mass is 9.90. The normalized spacial score (nSPS) is 13.6. The van der Waals surface area contributed by atoms with E-state index in [0.717, 1.165) is 20.8 Å². The highest BCUT2D eigenvalue weighted by molar-refractivity contribution is 9.10. The Labute approximate surface area is 153 Å². The molecule has 0 atom stereocenters. The molecule has 0 spiro atoms. The van der Waals surface area contributed by atoms with Gasteiger partial charge in [-0.25, -0.2) is 0 Å². The molecule has 122 valence electrons. The number of hydrogen-bond acceptors (Lipinski definition) is 3. The standard InChI is InChI=1S/C21H13BrO3/c1-12-6-7-15(10-18(12)22)25-20-11-19(23)16-8-13-4-2-3-5-14(13)9-17(16)21(20)24/h2-11H,1H3. The van der Waals surface area contributed by atoms with Crippen molar-refractivity contribution in [2.75, 3.05) is 0 Å². The Hall–Kier alpha value is -2.72. The lowest BCUT2D eigenvalue weighted by Crippen LogP contribution is -2.20. The van der Waals surface area contributed by atoms with Crippen molar-refractivity contribution in [3.05, 3.63) is 87.6 Å². The number of hydrogen-bond donors (Lipinski definition) is 0. The number of allylic oxidation sites excluding steroid dienone is 2. The highest BCUT2D eigenvalue weighted by atomic mass is 79.9. The van der Waals surface area contributed by atoms with Crippen LogP contribution in [0.25, 0.3) is 10.8 Å². The third kappa shape index (κ3) is 2.79. The third-order valence-corrected chi connectivity index (χ3v) is 5.11. The van der Waals surface area contributed by atoms with Crippen molar-refractivity contribution in [1.29, 1.82) is 0 Å². The number of Topliss-reactive ketones (excluding diaryl/α,β-unsaturated/α-hetero) is 1. The molecule has 3 aromatic rings. The van der Waals surface area contributed by atoms with Crippen molar-refractivity contribution in [2.24, 2.45) is 0 Å². The van der Waals surface area contributed by atoms with Crippen molar-refractivity contribution in [3.63, 3.8) is 0 Å². The second-order valence-corrected chi connectivity index (χ2v) is 6.81. The summed E-state index contributed by atoms with van der Waals surface area (Å²) >= 11 is 3.44. The number of benzene rings is 3. The summed E-state index contributed by atoms with van der Waals surface area (Å²) in [5, 5.41) is 1.85. The summed E-state index contributed by atoms with van der Waals surface area (Å²) in [6, 6.07) is 16.6. The van der Waals surface area contributed by atoms with Crippen molar-refractivity contribution in [3.8, 4) is 5.75 Å². The monoisotopic (exact) mass is 392 g/mol. The molecule has 0 radical (unpaired) electrons. The fourth-order valence-electron chi connectivity index (χ4n) is 2.87. The number of rotatable bonds is 2. The molecule has 3 nitrogen and oxygen atoms in total. The third-order valence-electron chi connectivity index (χ3n) is 4.25. The van der Waals surface area contributed by atoms with Gasteiger partial charge in [-0.15, -0.1) is 0 Å². The van der Waals surface area contributed by atoms with Crippen LogP contribution >= 0.6 is 15.9 Å². The first kappa shape index (κ1) is 15.8. The van der Waals surface area contributed by atoms with Gasteiger partial charge in [0.25, 0.3) is 0 Å². The summed E-state index contributed by atoms with van der Waals surface area (Å²) in [6.45, 7) is 1.96. The topological polar surface area (TPSA) is 43.4 Å². The van der Waals surface area contributed by atoms with E-state index in [9.17, 15) is 9.59 Å². The van der Waals surface area contributed by atoms with Crippen LogP contribution in [0.15, 0.2) is 70.9 Å². The fraction of sp³-hybridized carbons (Fsp3) is 0.0476. The van der Waals surface area contributed by atoms with Gasteiger partial charge in [0, 0.05) is 21.7 Å². The maximum absolute atomic E-state index is 12.8. The Balaban J connectivity index is 1.75. The number of carbonyl (C=O) groups is 2. The summed E-state index contributed by atoms with van der Waals surface area (Å²) in [5.41, 5.74) is 1.86. The second kappa shape index (κ2) is 5.97. The van der Waals surface area contributed by atoms with Gasteiger partial charge >= 0.3 is 0 Å². The van der Waals surface area contributed by atoms with Crippen LogP contribution in [0.1, 0.15) is 26.3 Å². The Morgan fingerprint density at radius 2 is 1.56 bits per heavy atom. The van der Waals surface area contributed by atoms with Crippen LogP contribution in [0, 0.1) is 6.92 Å². The van der Waals surface area contributed by atoms with E-state index < -0.39 is 0 Å². The van der Waals surface area contributed by atoms with E-state index in [4.69, 9.17) is 4.74 Å². The molecule has 1 aliphatic rings. The first-order valence-corrected chi connectivity index (χ1v) is 8.60. The van der Waals surface area contributed by atoms with E-state index in [1.807, 2.05) is 37.3 Å². The molecule has 0 bridgehead atoms. The summed E-state index contributed by atoms with van der Waals surface area (Å²) in [4.78, 5) is 25.3. The van der Waals surface area contributed by atoms with Gasteiger partial charge in [-0.3, -0.25) is 9.59 Å². The van der Waals surface area contributed by atoms with E-state index in [1.165, 1.54) is 6.08 Å². The van der Waals surface area contributed by atoms with Gasteiger partial charge in [-0.05, 0) is 47.5 Å². The number of fused-ring (bicyclic) bond motifs is 2. The van der Waals surface area contributed by atoms with Crippen LogP contribution in [-0.2, 0) is 0 Å². The summed E-state index contributed by atoms with van der Waals surface area (Å²) in [6.07, 6.45) is 1.27. The van der Waals surface area contributed by atoms with E-state index in [2.05, 4.69) is 15.9 Å². The van der Waals surface area contributed by atoms with Crippen LogP contribution in [0.2, 0.25) is 0 Å². The summed E-state index contributed by atoms with van der Waals surface area (Å²) in [5.74, 6) is 0.0521. The maximum atomic E-state index is 12.8. The van der Waals surface area contributed by atoms with Gasteiger partial charge in [0.15, 0.2) is 11.5 Å². The van der Waals surface area contributed by atoms with Gasteiger partial charge in [-0.1, -0.05) is 46.3 Å². The highest BCUT2D eigenvalue weighted by Gasteiger charge is 2.27. The van der Waals surface area contributed by atoms with E-state index in [0.29, 0.717) is 16.9 Å². The predicted molar refractivity (Wildman–Crippen MR) is 100 cm³/mol. The number of ketones is 2. The number of carbonyl (C=O) groups excluding carboxylic acids is 2. The van der Waals surface area contributed by atoms with Gasteiger partial charge < -0.3 is 4.74 Å². The first-order valence-electron chi connectivity index (χ1n) is 7.80. The molecule has 0 saturated carbocycles. The van der Waals surface area contributed by atoms with Gasteiger partial charge in [0.05, 0.1) is 0 Å². The highest BCUT2D eigenvalue weighted by Crippen LogP contribution is 2.29.